The number of halogens is 1. The molecule has 0 unspecified atom stereocenters. The third-order valence-electron chi connectivity index (χ3n) is 4.76. The molecule has 0 atom stereocenters. The van der Waals surface area contributed by atoms with Gasteiger partial charge in [0.25, 0.3) is 0 Å². The van der Waals surface area contributed by atoms with Crippen LogP contribution in [0, 0.1) is 11.7 Å². The number of anilines is 1. The van der Waals surface area contributed by atoms with Crippen LogP contribution in [-0.4, -0.2) is 42.4 Å². The molecule has 2 heterocycles. The highest BCUT2D eigenvalue weighted by molar-refractivity contribution is 7.09. The molecular formula is C20H23FN4O3S. The molecule has 7 nitrogen and oxygen atoms in total. The van der Waals surface area contributed by atoms with Gasteiger partial charge in [-0.1, -0.05) is 6.07 Å². The normalized spacial score (nSPS) is 14.3. The summed E-state index contributed by atoms with van der Waals surface area (Å²) in [6.07, 6.45) is 1.46. The molecule has 29 heavy (non-hydrogen) atoms. The van der Waals surface area contributed by atoms with Crippen LogP contribution in [0.4, 0.5) is 14.9 Å². The number of hydrogen-bond donors (Lipinski definition) is 3. The Kier molecular flexibility index (Phi) is 7.18. The van der Waals surface area contributed by atoms with Crippen molar-refractivity contribution in [2.45, 2.75) is 19.4 Å². The van der Waals surface area contributed by atoms with Crippen molar-refractivity contribution in [3.8, 4) is 0 Å². The largest absolute Gasteiger partial charge is 0.348 e. The van der Waals surface area contributed by atoms with Crippen LogP contribution in [0.3, 0.4) is 0 Å². The van der Waals surface area contributed by atoms with E-state index in [9.17, 15) is 18.8 Å². The molecule has 154 valence electrons. The summed E-state index contributed by atoms with van der Waals surface area (Å²) < 4.78 is 12.9. The molecule has 1 aromatic carbocycles. The van der Waals surface area contributed by atoms with E-state index >= 15 is 0 Å². The fourth-order valence-corrected chi connectivity index (χ4v) is 3.70. The summed E-state index contributed by atoms with van der Waals surface area (Å²) in [5.74, 6) is -1.43. The number of urea groups is 1. The summed E-state index contributed by atoms with van der Waals surface area (Å²) in [4.78, 5) is 38.7. The first-order valence-electron chi connectivity index (χ1n) is 9.41. The number of nitrogens with one attached hydrogen (secondary N) is 3. The molecule has 9 heteroatoms. The van der Waals surface area contributed by atoms with Gasteiger partial charge in [-0.15, -0.1) is 11.3 Å². The molecule has 0 aliphatic carbocycles. The summed E-state index contributed by atoms with van der Waals surface area (Å²) in [6.45, 7) is 1.85. The molecule has 1 aliphatic heterocycles. The maximum atomic E-state index is 12.9. The lowest BCUT2D eigenvalue weighted by Gasteiger charge is -2.32. The fraction of sp³-hybridized carbons (Fsp3) is 0.350. The second-order valence-corrected chi connectivity index (χ2v) is 7.87. The van der Waals surface area contributed by atoms with E-state index in [2.05, 4.69) is 16.0 Å². The maximum Gasteiger partial charge on any atom is 0.321 e. The van der Waals surface area contributed by atoms with E-state index in [0.29, 0.717) is 31.9 Å². The minimum absolute atomic E-state index is 0.207. The van der Waals surface area contributed by atoms with Crippen LogP contribution in [0.25, 0.3) is 0 Å². The summed E-state index contributed by atoms with van der Waals surface area (Å²) in [7, 11) is 0. The topological polar surface area (TPSA) is 90.5 Å². The van der Waals surface area contributed by atoms with E-state index in [-0.39, 0.29) is 17.8 Å². The van der Waals surface area contributed by atoms with Gasteiger partial charge in [0.1, 0.15) is 5.82 Å². The molecule has 1 saturated heterocycles. The first kappa shape index (κ1) is 20.8. The van der Waals surface area contributed by atoms with Gasteiger partial charge in [-0.25, -0.2) is 9.18 Å². The SMILES string of the molecule is O=C(NCc1cccs1)C(=O)NCC1CCN(C(=O)Nc2ccc(F)cc2)CC1. The first-order valence-corrected chi connectivity index (χ1v) is 10.3. The van der Waals surface area contributed by atoms with Crippen LogP contribution in [0.15, 0.2) is 41.8 Å². The Bertz CT molecular complexity index is 834. The smallest absolute Gasteiger partial charge is 0.321 e. The quantitative estimate of drug-likeness (QED) is 0.652. The van der Waals surface area contributed by atoms with Gasteiger partial charge in [-0.3, -0.25) is 9.59 Å². The third-order valence-corrected chi connectivity index (χ3v) is 5.63. The predicted molar refractivity (Wildman–Crippen MR) is 109 cm³/mol. The molecule has 3 rings (SSSR count). The number of amides is 4. The summed E-state index contributed by atoms with van der Waals surface area (Å²) in [5, 5.41) is 9.92. The van der Waals surface area contributed by atoms with Crippen molar-refractivity contribution in [1.29, 1.82) is 0 Å². The van der Waals surface area contributed by atoms with E-state index in [4.69, 9.17) is 0 Å². The van der Waals surface area contributed by atoms with Crippen molar-refractivity contribution in [2.24, 2.45) is 5.92 Å². The van der Waals surface area contributed by atoms with Gasteiger partial charge in [0.15, 0.2) is 0 Å². The zero-order chi connectivity index (χ0) is 20.6. The molecule has 0 spiro atoms. The second-order valence-electron chi connectivity index (χ2n) is 6.84. The summed E-state index contributed by atoms with van der Waals surface area (Å²) >= 11 is 1.52. The van der Waals surface area contributed by atoms with Crippen LogP contribution in [0.5, 0.6) is 0 Å². The lowest BCUT2D eigenvalue weighted by Crippen LogP contribution is -2.45. The Morgan fingerprint density at radius 1 is 1.03 bits per heavy atom. The molecule has 0 bridgehead atoms. The van der Waals surface area contributed by atoms with E-state index < -0.39 is 11.8 Å². The molecule has 1 aliphatic rings. The van der Waals surface area contributed by atoms with E-state index in [1.807, 2.05) is 17.5 Å². The molecule has 1 fully saturated rings. The van der Waals surface area contributed by atoms with Crippen LogP contribution in [0.1, 0.15) is 17.7 Å². The molecule has 2 aromatic rings. The summed E-state index contributed by atoms with van der Waals surface area (Å²) in [5.41, 5.74) is 0.541. The van der Waals surface area contributed by atoms with Gasteiger partial charge in [0, 0.05) is 30.2 Å². The van der Waals surface area contributed by atoms with Gasteiger partial charge in [0.05, 0.1) is 6.54 Å². The first-order chi connectivity index (χ1) is 14.0. The molecule has 3 N–H and O–H groups in total. The van der Waals surface area contributed by atoms with E-state index in [1.165, 1.54) is 35.6 Å². The highest BCUT2D eigenvalue weighted by Gasteiger charge is 2.24. The van der Waals surface area contributed by atoms with E-state index in [0.717, 1.165) is 17.7 Å². The van der Waals surface area contributed by atoms with Gasteiger partial charge < -0.3 is 20.9 Å². The highest BCUT2D eigenvalue weighted by atomic mass is 32.1. The van der Waals surface area contributed by atoms with Gasteiger partial charge in [0.2, 0.25) is 0 Å². The lowest BCUT2D eigenvalue weighted by molar-refractivity contribution is -0.139. The number of thiophene rings is 1. The Hall–Kier alpha value is -2.94. The minimum Gasteiger partial charge on any atom is -0.348 e. The number of carbonyl (C=O) groups excluding carboxylic acids is 3. The van der Waals surface area contributed by atoms with Gasteiger partial charge in [-0.05, 0) is 54.5 Å². The average Bonchev–Trinajstić information content (AvgIpc) is 3.26. The molecule has 4 amide bonds. The monoisotopic (exact) mass is 418 g/mol. The zero-order valence-electron chi connectivity index (χ0n) is 15.8. The zero-order valence-corrected chi connectivity index (χ0v) is 16.6. The van der Waals surface area contributed by atoms with Crippen molar-refractivity contribution in [2.75, 3.05) is 25.0 Å². The number of piperidine rings is 1. The molecule has 1 aromatic heterocycles. The summed E-state index contributed by atoms with van der Waals surface area (Å²) in [6, 6.07) is 9.16. The van der Waals surface area contributed by atoms with Gasteiger partial charge >= 0.3 is 17.8 Å². The number of benzene rings is 1. The number of likely N-dealkylation sites (tertiary alicyclic amines) is 1. The second kappa shape index (κ2) is 10.0. The van der Waals surface area contributed by atoms with Gasteiger partial charge in [-0.2, -0.15) is 0 Å². The Morgan fingerprint density at radius 2 is 1.72 bits per heavy atom. The van der Waals surface area contributed by atoms with Crippen molar-refractivity contribution < 1.29 is 18.8 Å². The Balaban J connectivity index is 1.34. The fourth-order valence-electron chi connectivity index (χ4n) is 3.05. The van der Waals surface area contributed by atoms with Crippen molar-refractivity contribution >= 4 is 34.9 Å². The highest BCUT2D eigenvalue weighted by Crippen LogP contribution is 2.18. The number of nitrogens with zero attached hydrogens (tertiary/aromatic N) is 1. The number of hydrogen-bond acceptors (Lipinski definition) is 4. The molecular weight excluding hydrogens is 395 g/mol. The number of rotatable bonds is 5. The lowest BCUT2D eigenvalue weighted by atomic mass is 9.97. The maximum absolute atomic E-state index is 12.9. The van der Waals surface area contributed by atoms with Crippen LogP contribution in [-0.2, 0) is 16.1 Å². The van der Waals surface area contributed by atoms with Crippen molar-refractivity contribution in [1.82, 2.24) is 15.5 Å². The standard InChI is InChI=1S/C20H23FN4O3S/c21-15-3-5-16(6-4-15)24-20(28)25-9-7-14(8-10-25)12-22-18(26)19(27)23-13-17-2-1-11-29-17/h1-6,11,14H,7-10,12-13H2,(H,22,26)(H,23,27)(H,24,28). The molecule has 0 radical (unpaired) electrons. The van der Waals surface area contributed by atoms with E-state index in [1.54, 1.807) is 4.90 Å². The number of carbonyl (C=O) groups is 3. The predicted octanol–water partition coefficient (Wildman–Crippen LogP) is 2.56. The third kappa shape index (κ3) is 6.28. The average molecular weight is 418 g/mol. The van der Waals surface area contributed by atoms with Crippen molar-refractivity contribution in [3.05, 3.63) is 52.5 Å². The Labute approximate surface area is 172 Å². The minimum atomic E-state index is -0.644. The van der Waals surface area contributed by atoms with Crippen LogP contribution < -0.4 is 16.0 Å². The van der Waals surface area contributed by atoms with Crippen molar-refractivity contribution in [3.63, 3.8) is 0 Å². The Morgan fingerprint density at radius 3 is 2.38 bits per heavy atom. The molecule has 0 saturated carbocycles. The van der Waals surface area contributed by atoms with Crippen LogP contribution >= 0.6 is 11.3 Å². The van der Waals surface area contributed by atoms with Crippen LogP contribution in [0.2, 0.25) is 0 Å².